The fourth-order valence-corrected chi connectivity index (χ4v) is 3.51. The highest BCUT2D eigenvalue weighted by Crippen LogP contribution is 2.18. The number of sulfonamides is 1. The van der Waals surface area contributed by atoms with Crippen LogP contribution in [0.4, 0.5) is 0 Å². The van der Waals surface area contributed by atoms with Gasteiger partial charge in [0.2, 0.25) is 10.0 Å². The number of benzene rings is 1. The Morgan fingerprint density at radius 3 is 2.55 bits per heavy atom. The van der Waals surface area contributed by atoms with E-state index in [0.717, 1.165) is 0 Å². The summed E-state index contributed by atoms with van der Waals surface area (Å²) in [5.41, 5.74) is 1.25. The van der Waals surface area contributed by atoms with Crippen molar-refractivity contribution in [2.24, 2.45) is 0 Å². The molecule has 1 atom stereocenters. The van der Waals surface area contributed by atoms with Gasteiger partial charge in [-0.2, -0.15) is 0 Å². The van der Waals surface area contributed by atoms with Crippen LogP contribution in [0.1, 0.15) is 24.2 Å². The normalized spacial score (nSPS) is 13.1. The number of pyridine rings is 1. The summed E-state index contributed by atoms with van der Waals surface area (Å²) in [4.78, 5) is 4.13. The van der Waals surface area contributed by atoms with Gasteiger partial charge in [0.15, 0.2) is 0 Å². The third kappa shape index (κ3) is 4.03. The molecule has 0 saturated heterocycles. The number of nitrogens with one attached hydrogen (secondary N) is 1. The summed E-state index contributed by atoms with van der Waals surface area (Å²) in [5.74, 6) is -0.149. The van der Waals surface area contributed by atoms with E-state index in [1.54, 1.807) is 49.5 Å². The molecule has 1 aromatic carbocycles. The maximum Gasteiger partial charge on any atom is 0.216 e. The Morgan fingerprint density at radius 1 is 1.20 bits per heavy atom. The van der Waals surface area contributed by atoms with E-state index in [1.807, 2.05) is 6.07 Å². The molecule has 0 aliphatic heterocycles. The first-order valence-electron chi connectivity index (χ1n) is 6.12. The van der Waals surface area contributed by atoms with Crippen molar-refractivity contribution in [2.75, 3.05) is 0 Å². The van der Waals surface area contributed by atoms with Crippen LogP contribution in [0.25, 0.3) is 0 Å². The monoisotopic (exact) mass is 310 g/mol. The highest BCUT2D eigenvalue weighted by Gasteiger charge is 2.18. The van der Waals surface area contributed by atoms with Gasteiger partial charge in [-0.15, -0.1) is 0 Å². The molecule has 20 heavy (non-hydrogen) atoms. The Bertz CT molecular complexity index is 675. The lowest BCUT2D eigenvalue weighted by Gasteiger charge is -2.14. The summed E-state index contributed by atoms with van der Waals surface area (Å²) in [6, 6.07) is 11.9. The molecule has 4 nitrogen and oxygen atoms in total. The molecule has 1 heterocycles. The van der Waals surface area contributed by atoms with Gasteiger partial charge in [0.25, 0.3) is 0 Å². The SMILES string of the molecule is C[C@@H](NS(=O)(=O)Cc1ccccc1Cl)c1ccccn1. The highest BCUT2D eigenvalue weighted by molar-refractivity contribution is 7.88. The molecule has 0 radical (unpaired) electrons. The van der Waals surface area contributed by atoms with Crippen molar-refractivity contribution in [1.82, 2.24) is 9.71 Å². The Labute approximate surface area is 123 Å². The molecule has 0 spiro atoms. The topological polar surface area (TPSA) is 59.1 Å². The molecule has 1 aromatic heterocycles. The lowest BCUT2D eigenvalue weighted by atomic mass is 10.2. The standard InChI is InChI=1S/C14H15ClN2O2S/c1-11(14-8-4-5-9-16-14)17-20(18,19)10-12-6-2-3-7-13(12)15/h2-9,11,17H,10H2,1H3/t11-/m1/s1. The Morgan fingerprint density at radius 2 is 1.90 bits per heavy atom. The average molecular weight is 311 g/mol. The minimum absolute atomic E-state index is 0.149. The fraction of sp³-hybridized carbons (Fsp3) is 0.214. The van der Waals surface area contributed by atoms with Gasteiger partial charge >= 0.3 is 0 Å². The zero-order chi connectivity index (χ0) is 14.6. The van der Waals surface area contributed by atoms with E-state index in [0.29, 0.717) is 16.3 Å². The van der Waals surface area contributed by atoms with E-state index < -0.39 is 10.0 Å². The van der Waals surface area contributed by atoms with Crippen LogP contribution in [0.2, 0.25) is 5.02 Å². The van der Waals surface area contributed by atoms with Crippen molar-refractivity contribution in [3.63, 3.8) is 0 Å². The Kier molecular flexibility index (Phi) is 4.75. The van der Waals surface area contributed by atoms with E-state index in [-0.39, 0.29) is 11.8 Å². The molecule has 0 unspecified atom stereocenters. The molecule has 1 N–H and O–H groups in total. The van der Waals surface area contributed by atoms with Crippen molar-refractivity contribution in [1.29, 1.82) is 0 Å². The number of rotatable bonds is 5. The molecule has 2 rings (SSSR count). The van der Waals surface area contributed by atoms with Gasteiger partial charge in [-0.25, -0.2) is 13.1 Å². The van der Waals surface area contributed by atoms with Crippen LogP contribution in [0, 0.1) is 0 Å². The zero-order valence-corrected chi connectivity index (χ0v) is 12.5. The van der Waals surface area contributed by atoms with Gasteiger partial charge in [0, 0.05) is 11.2 Å². The first-order chi connectivity index (χ1) is 9.48. The Balaban J connectivity index is 2.10. The lowest BCUT2D eigenvalue weighted by molar-refractivity contribution is 0.563. The smallest absolute Gasteiger partial charge is 0.216 e. The van der Waals surface area contributed by atoms with E-state index in [2.05, 4.69) is 9.71 Å². The second-order valence-corrected chi connectivity index (χ2v) is 6.61. The van der Waals surface area contributed by atoms with Crippen molar-refractivity contribution in [3.05, 3.63) is 64.9 Å². The molecular weight excluding hydrogens is 296 g/mol. The summed E-state index contributed by atoms with van der Waals surface area (Å²) < 4.78 is 26.9. The molecule has 6 heteroatoms. The van der Waals surface area contributed by atoms with Crippen LogP contribution in [0.15, 0.2) is 48.7 Å². The molecule has 0 fully saturated rings. The van der Waals surface area contributed by atoms with E-state index in [9.17, 15) is 8.42 Å². The summed E-state index contributed by atoms with van der Waals surface area (Å²) in [6.45, 7) is 1.76. The molecule has 0 aliphatic rings. The summed E-state index contributed by atoms with van der Waals surface area (Å²) >= 11 is 5.98. The maximum absolute atomic E-state index is 12.1. The number of aromatic nitrogens is 1. The lowest BCUT2D eigenvalue weighted by Crippen LogP contribution is -2.28. The summed E-state index contributed by atoms with van der Waals surface area (Å²) in [5, 5.41) is 0.448. The first kappa shape index (κ1) is 15.0. The van der Waals surface area contributed by atoms with Crippen molar-refractivity contribution >= 4 is 21.6 Å². The number of hydrogen-bond acceptors (Lipinski definition) is 3. The van der Waals surface area contributed by atoms with Gasteiger partial charge in [-0.1, -0.05) is 35.9 Å². The number of halogens is 1. The van der Waals surface area contributed by atoms with Crippen LogP contribution in [-0.2, 0) is 15.8 Å². The van der Waals surface area contributed by atoms with Crippen LogP contribution >= 0.6 is 11.6 Å². The van der Waals surface area contributed by atoms with Gasteiger partial charge in [0.1, 0.15) is 0 Å². The Hall–Kier alpha value is -1.43. The van der Waals surface area contributed by atoms with E-state index >= 15 is 0 Å². The second-order valence-electron chi connectivity index (χ2n) is 4.44. The average Bonchev–Trinajstić information content (AvgIpc) is 2.41. The first-order valence-corrected chi connectivity index (χ1v) is 8.15. The fourth-order valence-electron chi connectivity index (χ4n) is 1.82. The zero-order valence-electron chi connectivity index (χ0n) is 11.0. The van der Waals surface area contributed by atoms with E-state index in [4.69, 9.17) is 11.6 Å². The largest absolute Gasteiger partial charge is 0.260 e. The van der Waals surface area contributed by atoms with Crippen LogP contribution in [-0.4, -0.2) is 13.4 Å². The van der Waals surface area contributed by atoms with Crippen molar-refractivity contribution in [3.8, 4) is 0 Å². The summed E-state index contributed by atoms with van der Waals surface area (Å²) in [7, 11) is -3.48. The minimum atomic E-state index is -3.48. The third-order valence-electron chi connectivity index (χ3n) is 2.79. The molecular formula is C14H15ClN2O2S. The molecule has 106 valence electrons. The van der Waals surface area contributed by atoms with E-state index in [1.165, 1.54) is 0 Å². The molecule has 0 amide bonds. The van der Waals surface area contributed by atoms with Crippen LogP contribution in [0.3, 0.4) is 0 Å². The van der Waals surface area contributed by atoms with Crippen molar-refractivity contribution in [2.45, 2.75) is 18.7 Å². The van der Waals surface area contributed by atoms with Crippen molar-refractivity contribution < 1.29 is 8.42 Å². The van der Waals surface area contributed by atoms with Gasteiger partial charge in [-0.3, -0.25) is 4.98 Å². The minimum Gasteiger partial charge on any atom is -0.260 e. The van der Waals surface area contributed by atoms with Gasteiger partial charge in [0.05, 0.1) is 17.5 Å². The highest BCUT2D eigenvalue weighted by atomic mass is 35.5. The molecule has 0 aliphatic carbocycles. The summed E-state index contributed by atoms with van der Waals surface area (Å²) in [6.07, 6.45) is 1.63. The van der Waals surface area contributed by atoms with Gasteiger partial charge in [-0.05, 0) is 30.7 Å². The number of nitrogens with zero attached hydrogens (tertiary/aromatic N) is 1. The molecule has 0 bridgehead atoms. The predicted octanol–water partition coefficient (Wildman–Crippen LogP) is 2.92. The second kappa shape index (κ2) is 6.35. The quantitative estimate of drug-likeness (QED) is 0.923. The molecule has 2 aromatic rings. The third-order valence-corrected chi connectivity index (χ3v) is 4.56. The van der Waals surface area contributed by atoms with Crippen LogP contribution in [0.5, 0.6) is 0 Å². The van der Waals surface area contributed by atoms with Gasteiger partial charge < -0.3 is 0 Å². The predicted molar refractivity (Wildman–Crippen MR) is 79.9 cm³/mol. The number of hydrogen-bond donors (Lipinski definition) is 1. The molecule has 0 saturated carbocycles. The maximum atomic E-state index is 12.1. The van der Waals surface area contributed by atoms with Crippen LogP contribution < -0.4 is 4.72 Å².